The average Bonchev–Trinajstić information content (AvgIpc) is 3.23. The number of amides is 1. The van der Waals surface area contributed by atoms with Crippen LogP contribution in [0.5, 0.6) is 5.75 Å². The Balaban J connectivity index is 1.79. The first-order valence-electron chi connectivity index (χ1n) is 9.89. The summed E-state index contributed by atoms with van der Waals surface area (Å²) >= 11 is 0. The number of nitrogens with one attached hydrogen (secondary N) is 1. The first-order valence-corrected chi connectivity index (χ1v) is 9.89. The molecule has 13 heteroatoms. The highest BCUT2D eigenvalue weighted by atomic mass is 16.6. The van der Waals surface area contributed by atoms with Crippen LogP contribution in [0.15, 0.2) is 48.7 Å². The lowest BCUT2D eigenvalue weighted by molar-refractivity contribution is -0.385. The normalized spacial score (nSPS) is 10.4. The van der Waals surface area contributed by atoms with E-state index in [4.69, 9.17) is 9.47 Å². The largest absolute Gasteiger partial charge is 0.480 e. The fraction of sp³-hybridized carbons (Fsp3) is 0.190. The quantitative estimate of drug-likeness (QED) is 0.281. The van der Waals surface area contributed by atoms with Gasteiger partial charge in [0.15, 0.2) is 12.4 Å². The van der Waals surface area contributed by atoms with Crippen LogP contribution in [0.25, 0.3) is 5.69 Å². The molecule has 1 heterocycles. The molecule has 0 saturated carbocycles. The van der Waals surface area contributed by atoms with Crippen LogP contribution in [0.4, 0.5) is 17.1 Å². The average molecular weight is 469 g/mol. The molecule has 1 amide bonds. The first-order chi connectivity index (χ1) is 16.2. The predicted octanol–water partition coefficient (Wildman–Crippen LogP) is 3.19. The van der Waals surface area contributed by atoms with Crippen LogP contribution in [0.2, 0.25) is 0 Å². The van der Waals surface area contributed by atoms with E-state index in [1.54, 1.807) is 6.92 Å². The Morgan fingerprint density at radius 1 is 1.09 bits per heavy atom. The molecule has 1 N–H and O–H groups in total. The summed E-state index contributed by atoms with van der Waals surface area (Å²) in [5.41, 5.74) is 0.468. The Labute approximate surface area is 192 Å². The van der Waals surface area contributed by atoms with Crippen LogP contribution < -0.4 is 10.1 Å². The van der Waals surface area contributed by atoms with E-state index in [2.05, 4.69) is 10.4 Å². The third kappa shape index (κ3) is 5.32. The van der Waals surface area contributed by atoms with Crippen LogP contribution >= 0.6 is 0 Å². The van der Waals surface area contributed by atoms with Crippen molar-refractivity contribution in [3.63, 3.8) is 0 Å². The summed E-state index contributed by atoms with van der Waals surface area (Å²) in [4.78, 5) is 45.5. The highest BCUT2D eigenvalue weighted by Gasteiger charge is 2.22. The van der Waals surface area contributed by atoms with Gasteiger partial charge in [-0.25, -0.2) is 9.48 Å². The molecule has 0 spiro atoms. The minimum absolute atomic E-state index is 0.0530. The number of nitro groups is 2. The molecule has 0 fully saturated rings. The third-order valence-corrected chi connectivity index (χ3v) is 4.61. The Kier molecular flexibility index (Phi) is 7.16. The van der Waals surface area contributed by atoms with Crippen molar-refractivity contribution in [2.75, 3.05) is 18.5 Å². The number of ether oxygens (including phenoxy) is 2. The van der Waals surface area contributed by atoms with Gasteiger partial charge in [0.05, 0.1) is 39.6 Å². The number of aromatic nitrogens is 2. The van der Waals surface area contributed by atoms with Gasteiger partial charge >= 0.3 is 5.97 Å². The van der Waals surface area contributed by atoms with Crippen molar-refractivity contribution in [3.05, 3.63) is 80.1 Å². The van der Waals surface area contributed by atoms with E-state index in [1.807, 2.05) is 0 Å². The van der Waals surface area contributed by atoms with Gasteiger partial charge in [-0.15, -0.1) is 0 Å². The lowest BCUT2D eigenvalue weighted by Gasteiger charge is -2.09. The zero-order chi connectivity index (χ0) is 24.8. The third-order valence-electron chi connectivity index (χ3n) is 4.61. The number of rotatable bonds is 9. The molecule has 0 aliphatic carbocycles. The van der Waals surface area contributed by atoms with Gasteiger partial charge in [0.25, 0.3) is 17.3 Å². The smallest absolute Gasteiger partial charge is 0.362 e. The maximum atomic E-state index is 12.4. The molecular formula is C21H19N5O8. The predicted molar refractivity (Wildman–Crippen MR) is 118 cm³/mol. The van der Waals surface area contributed by atoms with Crippen LogP contribution in [0.1, 0.15) is 23.0 Å². The standard InChI is InChI=1S/C21H19N5O8/c1-3-33-21(28)20-18(11-24(23-20)14-7-9-15(10-8-14)25(29)30)34-12-19(27)22-16-5-4-6-17(13(16)2)26(31)32/h4-11H,3,12H2,1-2H3,(H,22,27). The van der Waals surface area contributed by atoms with Crippen molar-refractivity contribution in [1.82, 2.24) is 9.78 Å². The molecule has 3 rings (SSSR count). The van der Waals surface area contributed by atoms with Crippen molar-refractivity contribution in [3.8, 4) is 11.4 Å². The molecule has 0 aliphatic rings. The first kappa shape index (κ1) is 23.8. The van der Waals surface area contributed by atoms with E-state index in [0.29, 0.717) is 5.69 Å². The highest BCUT2D eigenvalue weighted by Crippen LogP contribution is 2.26. The molecule has 0 radical (unpaired) electrons. The number of non-ortho nitro benzene ring substituents is 1. The van der Waals surface area contributed by atoms with Crippen LogP contribution in [0.3, 0.4) is 0 Å². The molecule has 0 atom stereocenters. The summed E-state index contributed by atoms with van der Waals surface area (Å²) in [7, 11) is 0. The molecule has 176 valence electrons. The molecule has 13 nitrogen and oxygen atoms in total. The van der Waals surface area contributed by atoms with Crippen molar-refractivity contribution in [2.24, 2.45) is 0 Å². The Morgan fingerprint density at radius 3 is 2.41 bits per heavy atom. The Hall–Kier alpha value is -4.81. The van der Waals surface area contributed by atoms with E-state index in [1.165, 1.54) is 60.3 Å². The van der Waals surface area contributed by atoms with Gasteiger partial charge in [-0.3, -0.25) is 25.0 Å². The lowest BCUT2D eigenvalue weighted by atomic mass is 10.1. The SMILES string of the molecule is CCOC(=O)c1nn(-c2ccc([N+](=O)[O-])cc2)cc1OCC(=O)Nc1cccc([N+](=O)[O-])c1C. The number of esters is 1. The second-order valence-corrected chi connectivity index (χ2v) is 6.82. The van der Waals surface area contributed by atoms with Crippen LogP contribution in [-0.4, -0.2) is 44.7 Å². The van der Waals surface area contributed by atoms with Gasteiger partial charge in [-0.05, 0) is 32.0 Å². The molecule has 0 aliphatic heterocycles. The van der Waals surface area contributed by atoms with Gasteiger partial charge in [-0.2, -0.15) is 5.10 Å². The number of hydrogen-bond donors (Lipinski definition) is 1. The van der Waals surface area contributed by atoms with Gasteiger partial charge in [0, 0.05) is 18.2 Å². The van der Waals surface area contributed by atoms with E-state index >= 15 is 0 Å². The summed E-state index contributed by atoms with van der Waals surface area (Å²) in [5.74, 6) is -1.46. The van der Waals surface area contributed by atoms with E-state index in [-0.39, 0.29) is 40.7 Å². The molecule has 0 bridgehead atoms. The number of nitrogens with zero attached hydrogens (tertiary/aromatic N) is 4. The second kappa shape index (κ2) is 10.2. The molecule has 2 aromatic carbocycles. The van der Waals surface area contributed by atoms with E-state index in [0.717, 1.165) is 0 Å². The summed E-state index contributed by atoms with van der Waals surface area (Å²) in [6.45, 7) is 2.66. The molecule has 0 saturated heterocycles. The maximum Gasteiger partial charge on any atom is 0.362 e. The minimum atomic E-state index is -0.784. The molecule has 34 heavy (non-hydrogen) atoms. The highest BCUT2D eigenvalue weighted by molar-refractivity contribution is 5.94. The maximum absolute atomic E-state index is 12.4. The van der Waals surface area contributed by atoms with Crippen LogP contribution in [-0.2, 0) is 9.53 Å². The zero-order valence-corrected chi connectivity index (χ0v) is 18.1. The second-order valence-electron chi connectivity index (χ2n) is 6.82. The number of carbonyl (C=O) groups excluding carboxylic acids is 2. The molecule has 0 unspecified atom stereocenters. The summed E-state index contributed by atoms with van der Waals surface area (Å²) < 4.78 is 11.7. The number of hydrogen-bond acceptors (Lipinski definition) is 9. The number of anilines is 1. The fourth-order valence-corrected chi connectivity index (χ4v) is 2.95. The Bertz CT molecular complexity index is 1250. The number of nitro benzene ring substituents is 2. The van der Waals surface area contributed by atoms with Gasteiger partial charge in [-0.1, -0.05) is 6.07 Å². The van der Waals surface area contributed by atoms with E-state index < -0.39 is 28.3 Å². The monoisotopic (exact) mass is 469 g/mol. The van der Waals surface area contributed by atoms with Crippen molar-refractivity contribution in [1.29, 1.82) is 0 Å². The minimum Gasteiger partial charge on any atom is -0.480 e. The van der Waals surface area contributed by atoms with Crippen molar-refractivity contribution < 1.29 is 28.9 Å². The van der Waals surface area contributed by atoms with Gasteiger partial charge in [0.1, 0.15) is 0 Å². The van der Waals surface area contributed by atoms with Crippen LogP contribution in [0, 0.1) is 27.2 Å². The van der Waals surface area contributed by atoms with Gasteiger partial charge in [0.2, 0.25) is 5.69 Å². The number of benzene rings is 2. The summed E-state index contributed by atoms with van der Waals surface area (Å²) in [6, 6.07) is 9.68. The summed E-state index contributed by atoms with van der Waals surface area (Å²) in [5, 5.41) is 28.6. The van der Waals surface area contributed by atoms with E-state index in [9.17, 15) is 29.8 Å². The lowest BCUT2D eigenvalue weighted by Crippen LogP contribution is -2.21. The van der Waals surface area contributed by atoms with Gasteiger partial charge < -0.3 is 14.8 Å². The fourth-order valence-electron chi connectivity index (χ4n) is 2.95. The zero-order valence-electron chi connectivity index (χ0n) is 18.1. The Morgan fingerprint density at radius 2 is 1.79 bits per heavy atom. The number of carbonyl (C=O) groups is 2. The summed E-state index contributed by atoms with van der Waals surface area (Å²) in [6.07, 6.45) is 1.33. The molecular weight excluding hydrogens is 450 g/mol. The molecule has 1 aromatic heterocycles. The molecule has 3 aromatic rings. The van der Waals surface area contributed by atoms with Crippen molar-refractivity contribution in [2.45, 2.75) is 13.8 Å². The van der Waals surface area contributed by atoms with Crippen molar-refractivity contribution >= 4 is 28.9 Å². The topological polar surface area (TPSA) is 169 Å².